The van der Waals surface area contributed by atoms with Crippen LogP contribution in [0.1, 0.15) is 11.1 Å². The monoisotopic (exact) mass is 962 g/mol. The topological polar surface area (TPSA) is 184 Å². The third-order valence-electron chi connectivity index (χ3n) is 11.6. The van der Waals surface area contributed by atoms with Crippen molar-refractivity contribution < 1.29 is 35.8 Å². The van der Waals surface area contributed by atoms with E-state index < -0.39 is 23.5 Å². The van der Waals surface area contributed by atoms with E-state index in [0.29, 0.717) is 121 Å². The predicted molar refractivity (Wildman–Crippen MR) is 247 cm³/mol. The number of piperazine rings is 2. The number of aromatic nitrogens is 10. The van der Waals surface area contributed by atoms with Crippen molar-refractivity contribution in [3.8, 4) is 34.3 Å². The van der Waals surface area contributed by atoms with E-state index in [1.807, 2.05) is 0 Å². The summed E-state index contributed by atoms with van der Waals surface area (Å²) >= 11 is 0. The van der Waals surface area contributed by atoms with Crippen molar-refractivity contribution >= 4 is 56.7 Å². The second-order valence-corrected chi connectivity index (χ2v) is 15.9. The second-order valence-electron chi connectivity index (χ2n) is 15.9. The molecule has 2 aliphatic heterocycles. The van der Waals surface area contributed by atoms with Crippen LogP contribution in [0.25, 0.3) is 44.6 Å². The van der Waals surface area contributed by atoms with Gasteiger partial charge in [-0.25, -0.2) is 49.9 Å². The van der Waals surface area contributed by atoms with Crippen molar-refractivity contribution in [3.63, 3.8) is 0 Å². The summed E-state index contributed by atoms with van der Waals surface area (Å²) in [5, 5.41) is 10.5. The van der Waals surface area contributed by atoms with Crippen LogP contribution in [0.15, 0.2) is 98.1 Å². The van der Waals surface area contributed by atoms with Crippen LogP contribution in [0.2, 0.25) is 0 Å². The maximum atomic E-state index is 14.1. The number of fused-ring (bicyclic) bond motifs is 2. The molecule has 0 atom stereocenters. The number of alkyl halides is 6. The van der Waals surface area contributed by atoms with Gasteiger partial charge in [-0.1, -0.05) is 0 Å². The van der Waals surface area contributed by atoms with Crippen LogP contribution < -0.4 is 39.9 Å². The summed E-state index contributed by atoms with van der Waals surface area (Å²) in [6, 6.07) is 10.3. The highest BCUT2D eigenvalue weighted by atomic mass is 19.4. The third kappa shape index (κ3) is 9.00. The van der Waals surface area contributed by atoms with E-state index in [9.17, 15) is 26.3 Å². The molecule has 18 nitrogen and oxygen atoms in total. The van der Waals surface area contributed by atoms with Crippen molar-refractivity contribution in [2.45, 2.75) is 12.4 Å². The number of methoxy groups -OCH3 is 2. The zero-order chi connectivity index (χ0) is 48.6. The van der Waals surface area contributed by atoms with Gasteiger partial charge in [-0.15, -0.1) is 0 Å². The Bertz CT molecular complexity index is 2960. The SMILES string of the molecule is COc1cncc2nc(-c3ccnc(N(c4ccc(C(F)(F)F)cn4)N(c4ccc(C(F)(F)F)cn4)c4cc(-c5nc(N6CCNCC6)c6c(OC)cncc6n5)ccn4)c3)nc(N3CCNCC3)c12. The van der Waals surface area contributed by atoms with Crippen LogP contribution in [0.4, 0.5) is 61.2 Å². The van der Waals surface area contributed by atoms with E-state index in [1.54, 1.807) is 49.1 Å². The lowest BCUT2D eigenvalue weighted by molar-refractivity contribution is -0.138. The molecule has 24 heteroatoms. The Balaban J connectivity index is 1.17. The van der Waals surface area contributed by atoms with Gasteiger partial charge in [0.05, 0.1) is 71.9 Å². The molecule has 0 aromatic carbocycles. The van der Waals surface area contributed by atoms with Gasteiger partial charge in [0.15, 0.2) is 34.9 Å². The Morgan fingerprint density at radius 1 is 0.500 bits per heavy atom. The fraction of sp³-hybridized carbons (Fsp3) is 0.261. The first-order chi connectivity index (χ1) is 33.9. The van der Waals surface area contributed by atoms with Crippen LogP contribution in [0.5, 0.6) is 11.5 Å². The highest BCUT2D eigenvalue weighted by molar-refractivity contribution is 5.97. The molecule has 8 aromatic rings. The number of rotatable bonds is 11. The van der Waals surface area contributed by atoms with E-state index in [4.69, 9.17) is 29.4 Å². The van der Waals surface area contributed by atoms with Gasteiger partial charge in [0.1, 0.15) is 23.1 Å². The summed E-state index contributed by atoms with van der Waals surface area (Å²) in [5.74, 6) is 2.29. The van der Waals surface area contributed by atoms with Crippen molar-refractivity contribution in [1.82, 2.24) is 60.5 Å². The van der Waals surface area contributed by atoms with Gasteiger partial charge in [0.25, 0.3) is 0 Å². The van der Waals surface area contributed by atoms with Crippen LogP contribution in [0.3, 0.4) is 0 Å². The predicted octanol–water partition coefficient (Wildman–Crippen LogP) is 7.04. The van der Waals surface area contributed by atoms with Crippen molar-refractivity contribution in [3.05, 3.63) is 109 Å². The number of anilines is 6. The number of nitrogens with one attached hydrogen (secondary N) is 2. The number of halogens is 6. The van der Waals surface area contributed by atoms with Gasteiger partial charge >= 0.3 is 12.4 Å². The molecule has 8 aromatic heterocycles. The summed E-state index contributed by atoms with van der Waals surface area (Å²) < 4.78 is 95.8. The molecule has 70 heavy (non-hydrogen) atoms. The zero-order valence-electron chi connectivity index (χ0n) is 37.2. The molecular weight excluding hydrogens is 923 g/mol. The first-order valence-electron chi connectivity index (χ1n) is 21.8. The smallest absolute Gasteiger partial charge is 0.417 e. The van der Waals surface area contributed by atoms with Crippen molar-refractivity contribution in [1.29, 1.82) is 0 Å². The van der Waals surface area contributed by atoms with E-state index in [-0.39, 0.29) is 34.9 Å². The lowest BCUT2D eigenvalue weighted by atomic mass is 10.2. The molecule has 0 saturated carbocycles. The molecule has 0 aliphatic carbocycles. The average molecular weight is 963 g/mol. The Labute approximate surface area is 394 Å². The van der Waals surface area contributed by atoms with Crippen LogP contribution >= 0.6 is 0 Å². The van der Waals surface area contributed by atoms with Gasteiger partial charge < -0.3 is 29.9 Å². The first-order valence-corrected chi connectivity index (χ1v) is 21.8. The average Bonchev–Trinajstić information content (AvgIpc) is 3.39. The fourth-order valence-corrected chi connectivity index (χ4v) is 8.20. The van der Waals surface area contributed by atoms with Crippen LogP contribution in [-0.4, -0.2) is 116 Å². The van der Waals surface area contributed by atoms with Gasteiger partial charge in [-0.05, 0) is 48.5 Å². The molecule has 0 unspecified atom stereocenters. The Kier molecular flexibility index (Phi) is 12.2. The molecule has 10 rings (SSSR count). The maximum absolute atomic E-state index is 14.1. The van der Waals surface area contributed by atoms with E-state index in [2.05, 4.69) is 50.3 Å². The molecule has 0 amide bonds. The van der Waals surface area contributed by atoms with Crippen LogP contribution in [0, 0.1) is 0 Å². The molecule has 358 valence electrons. The van der Waals surface area contributed by atoms with Crippen LogP contribution in [-0.2, 0) is 12.4 Å². The number of ether oxygens (including phenoxy) is 2. The highest BCUT2D eigenvalue weighted by Gasteiger charge is 2.35. The summed E-state index contributed by atoms with van der Waals surface area (Å²) in [5.41, 5.74) is -0.353. The molecule has 2 fully saturated rings. The van der Waals surface area contributed by atoms with Crippen molar-refractivity contribution in [2.24, 2.45) is 0 Å². The number of pyridine rings is 6. The van der Waals surface area contributed by atoms with Gasteiger partial charge in [0, 0.05) is 88.3 Å². The van der Waals surface area contributed by atoms with Gasteiger partial charge in [-0.3, -0.25) is 9.97 Å². The second kappa shape index (κ2) is 18.8. The van der Waals surface area contributed by atoms with Gasteiger partial charge in [-0.2, -0.15) is 26.3 Å². The first kappa shape index (κ1) is 45.7. The molecule has 10 heterocycles. The Morgan fingerprint density at radius 2 is 0.914 bits per heavy atom. The van der Waals surface area contributed by atoms with Crippen molar-refractivity contribution in [2.75, 3.05) is 86.4 Å². The number of hydrogen-bond acceptors (Lipinski definition) is 18. The third-order valence-corrected chi connectivity index (χ3v) is 11.6. The van der Waals surface area contributed by atoms with E-state index >= 15 is 0 Å². The van der Waals surface area contributed by atoms with Gasteiger partial charge in [0.2, 0.25) is 0 Å². The molecule has 2 saturated heterocycles. The summed E-state index contributed by atoms with van der Waals surface area (Å²) in [6.45, 7) is 5.28. The zero-order valence-corrected chi connectivity index (χ0v) is 37.2. The Morgan fingerprint density at radius 3 is 1.27 bits per heavy atom. The standard InChI is InChI=1S/C46H40F6N16O2/c1-69-33-25-55-23-31-39(33)43(65-15-11-53-12-16-65)63-41(61-31)27-7-9-57-37(19-27)67(35-5-3-29(21-59-35)45(47,48)49)68(36-6-4-30(22-60-36)46(50,51)52)38-20-28(8-10-58-38)42-62-32-24-56-26-34(70-2)40(32)44(64-42)66-17-13-54-14-18-66/h3-10,19-26,53-54H,11-18H2,1-2H3. The quantitative estimate of drug-likeness (QED) is 0.0993. The summed E-state index contributed by atoms with van der Waals surface area (Å²) in [6.07, 6.45) is 0.988. The lowest BCUT2D eigenvalue weighted by Gasteiger charge is -2.35. The largest absolute Gasteiger partial charge is 0.494 e. The van der Waals surface area contributed by atoms with E-state index in [1.165, 1.54) is 36.6 Å². The number of nitrogens with zero attached hydrogens (tertiary/aromatic N) is 14. The molecule has 0 spiro atoms. The molecule has 2 N–H and O–H groups in total. The molecule has 0 bridgehead atoms. The Hall–Kier alpha value is -8.12. The van der Waals surface area contributed by atoms with E-state index in [0.717, 1.165) is 24.3 Å². The number of hydrazine groups is 1. The normalized spacial score (nSPS) is 14.5. The molecule has 0 radical (unpaired) electrons. The highest BCUT2D eigenvalue weighted by Crippen LogP contribution is 2.41. The number of hydrogen-bond donors (Lipinski definition) is 2. The summed E-state index contributed by atoms with van der Waals surface area (Å²) in [4.78, 5) is 50.5. The minimum Gasteiger partial charge on any atom is -0.494 e. The lowest BCUT2D eigenvalue weighted by Crippen LogP contribution is -2.44. The summed E-state index contributed by atoms with van der Waals surface area (Å²) in [7, 11) is 3.06. The fourth-order valence-electron chi connectivity index (χ4n) is 8.20. The molecular formula is C46H40F6N16O2. The minimum atomic E-state index is -4.75. The minimum absolute atomic E-state index is 0.0102. The maximum Gasteiger partial charge on any atom is 0.417 e. The molecule has 2 aliphatic rings.